The van der Waals surface area contributed by atoms with E-state index in [0.29, 0.717) is 17.9 Å². The number of methoxy groups -OCH3 is 3. The number of hydrogen-bond donors (Lipinski definition) is 1. The van der Waals surface area contributed by atoms with Crippen LogP contribution in [0.1, 0.15) is 37.3 Å². The van der Waals surface area contributed by atoms with Gasteiger partial charge in [0.1, 0.15) is 16.0 Å². The van der Waals surface area contributed by atoms with E-state index in [4.69, 9.17) is 15.2 Å². The molecule has 1 rings (SSSR count). The second-order valence-corrected chi connectivity index (χ2v) is 5.43. The van der Waals surface area contributed by atoms with Gasteiger partial charge in [-0.15, -0.1) is 0 Å². The Bertz CT molecular complexity index is 479. The fourth-order valence-electron chi connectivity index (χ4n) is 2.10. The quantitative estimate of drug-likeness (QED) is 0.569. The largest absolute Gasteiger partial charge is 0.495 e. The minimum atomic E-state index is -0.187. The van der Waals surface area contributed by atoms with Crippen molar-refractivity contribution < 1.29 is 19.0 Å². The van der Waals surface area contributed by atoms with E-state index in [0.717, 1.165) is 29.3 Å². The number of esters is 1. The molecule has 118 valence electrons. The molecule has 0 aliphatic heterocycles. The molecular formula is C15H22BrNO4. The minimum Gasteiger partial charge on any atom is -0.495 e. The monoisotopic (exact) mass is 359 g/mol. The number of carbonyl (C=O) groups excluding carboxylic acids is 1. The fourth-order valence-corrected chi connectivity index (χ4v) is 2.79. The molecule has 0 heterocycles. The van der Waals surface area contributed by atoms with Gasteiger partial charge in [-0.3, -0.25) is 4.79 Å². The van der Waals surface area contributed by atoms with Gasteiger partial charge in [-0.2, -0.15) is 0 Å². The molecule has 1 aromatic carbocycles. The van der Waals surface area contributed by atoms with Crippen LogP contribution >= 0.6 is 15.9 Å². The molecule has 0 saturated carbocycles. The van der Waals surface area contributed by atoms with Crippen LogP contribution in [0.2, 0.25) is 0 Å². The van der Waals surface area contributed by atoms with E-state index >= 15 is 0 Å². The molecule has 1 atom stereocenters. The van der Waals surface area contributed by atoms with Crippen molar-refractivity contribution in [3.63, 3.8) is 0 Å². The number of hydrogen-bond acceptors (Lipinski definition) is 5. The van der Waals surface area contributed by atoms with Crippen LogP contribution in [-0.4, -0.2) is 27.3 Å². The Kier molecular flexibility index (Phi) is 7.53. The molecule has 0 radical (unpaired) electrons. The molecule has 6 heteroatoms. The van der Waals surface area contributed by atoms with E-state index in [1.54, 1.807) is 14.2 Å². The van der Waals surface area contributed by atoms with Crippen molar-refractivity contribution in [1.29, 1.82) is 0 Å². The lowest BCUT2D eigenvalue weighted by Crippen LogP contribution is -2.12. The van der Waals surface area contributed by atoms with Gasteiger partial charge in [-0.1, -0.05) is 6.42 Å². The molecular weight excluding hydrogens is 338 g/mol. The van der Waals surface area contributed by atoms with Gasteiger partial charge in [0, 0.05) is 18.0 Å². The Morgan fingerprint density at radius 2 is 1.95 bits per heavy atom. The highest BCUT2D eigenvalue weighted by Gasteiger charge is 2.17. The van der Waals surface area contributed by atoms with E-state index in [-0.39, 0.29) is 12.0 Å². The van der Waals surface area contributed by atoms with Crippen LogP contribution in [0.4, 0.5) is 0 Å². The molecule has 5 nitrogen and oxygen atoms in total. The normalized spacial score (nSPS) is 11.9. The Balaban J connectivity index is 2.67. The first kappa shape index (κ1) is 17.8. The summed E-state index contributed by atoms with van der Waals surface area (Å²) in [5, 5.41) is 0. The second-order valence-electron chi connectivity index (χ2n) is 4.63. The molecule has 2 N–H and O–H groups in total. The first-order chi connectivity index (χ1) is 10.0. The predicted molar refractivity (Wildman–Crippen MR) is 84.7 cm³/mol. The third-order valence-corrected chi connectivity index (χ3v) is 4.04. The highest BCUT2D eigenvalue weighted by molar-refractivity contribution is 9.10. The van der Waals surface area contributed by atoms with Crippen LogP contribution in [0.5, 0.6) is 11.5 Å². The molecule has 1 unspecified atom stereocenters. The lowest BCUT2D eigenvalue weighted by molar-refractivity contribution is -0.140. The molecule has 21 heavy (non-hydrogen) atoms. The van der Waals surface area contributed by atoms with Crippen LogP contribution in [-0.2, 0) is 9.53 Å². The maximum absolute atomic E-state index is 11.0. The number of unbranched alkanes of at least 4 members (excludes halogenated alkanes) is 1. The van der Waals surface area contributed by atoms with Gasteiger partial charge in [0.05, 0.1) is 21.3 Å². The third-order valence-electron chi connectivity index (χ3n) is 3.29. The van der Waals surface area contributed by atoms with Crippen molar-refractivity contribution in [3.8, 4) is 11.5 Å². The molecule has 0 aromatic heterocycles. The van der Waals surface area contributed by atoms with Crippen molar-refractivity contribution in [2.75, 3.05) is 21.3 Å². The van der Waals surface area contributed by atoms with E-state index in [1.165, 1.54) is 7.11 Å². The van der Waals surface area contributed by atoms with Gasteiger partial charge < -0.3 is 19.9 Å². The summed E-state index contributed by atoms with van der Waals surface area (Å²) in [5.41, 5.74) is 7.14. The number of benzene rings is 1. The summed E-state index contributed by atoms with van der Waals surface area (Å²) in [6, 6.07) is 3.61. The van der Waals surface area contributed by atoms with Crippen LogP contribution < -0.4 is 15.2 Å². The highest BCUT2D eigenvalue weighted by atomic mass is 79.9. The Morgan fingerprint density at radius 1 is 1.24 bits per heavy atom. The average Bonchev–Trinajstić information content (AvgIpc) is 2.50. The molecule has 0 aliphatic rings. The SMILES string of the molecule is COC(=O)CCCCC(N)c1ccc(OC)c(Br)c1OC. The summed E-state index contributed by atoms with van der Waals surface area (Å²) in [4.78, 5) is 11.0. The standard InChI is InChI=1S/C15H22BrNO4/c1-19-12-9-8-10(15(21-3)14(12)16)11(17)6-4-5-7-13(18)20-2/h8-9,11H,4-7,17H2,1-3H3. The Hall–Kier alpha value is -1.27. The van der Waals surface area contributed by atoms with Crippen LogP contribution in [0.15, 0.2) is 16.6 Å². The van der Waals surface area contributed by atoms with E-state index in [2.05, 4.69) is 20.7 Å². The van der Waals surface area contributed by atoms with Crippen molar-refractivity contribution in [3.05, 3.63) is 22.2 Å². The number of carbonyl (C=O) groups is 1. The average molecular weight is 360 g/mol. The molecule has 0 spiro atoms. The molecule has 0 saturated heterocycles. The number of ether oxygens (including phenoxy) is 3. The molecule has 1 aromatic rings. The lowest BCUT2D eigenvalue weighted by atomic mass is 10.00. The zero-order valence-electron chi connectivity index (χ0n) is 12.6. The fraction of sp³-hybridized carbons (Fsp3) is 0.533. The van der Waals surface area contributed by atoms with E-state index in [1.807, 2.05) is 12.1 Å². The number of nitrogens with two attached hydrogens (primary N) is 1. The van der Waals surface area contributed by atoms with E-state index < -0.39 is 0 Å². The van der Waals surface area contributed by atoms with Gasteiger partial charge >= 0.3 is 5.97 Å². The zero-order valence-corrected chi connectivity index (χ0v) is 14.2. The van der Waals surface area contributed by atoms with Crippen molar-refractivity contribution in [1.82, 2.24) is 0 Å². The maximum atomic E-state index is 11.0. The third kappa shape index (κ3) is 4.89. The topological polar surface area (TPSA) is 70.8 Å². The summed E-state index contributed by atoms with van der Waals surface area (Å²) in [7, 11) is 4.60. The van der Waals surface area contributed by atoms with Crippen LogP contribution in [0.25, 0.3) is 0 Å². The van der Waals surface area contributed by atoms with Crippen LogP contribution in [0.3, 0.4) is 0 Å². The molecule has 0 bridgehead atoms. The first-order valence-corrected chi connectivity index (χ1v) is 7.57. The van der Waals surface area contributed by atoms with Gasteiger partial charge in [-0.05, 0) is 40.9 Å². The molecule has 0 amide bonds. The molecule has 0 aliphatic carbocycles. The Morgan fingerprint density at radius 3 is 2.52 bits per heavy atom. The van der Waals surface area contributed by atoms with Gasteiger partial charge in [0.15, 0.2) is 0 Å². The number of halogens is 1. The predicted octanol–water partition coefficient (Wildman–Crippen LogP) is 3.20. The summed E-state index contributed by atoms with van der Waals surface area (Å²) >= 11 is 3.46. The van der Waals surface area contributed by atoms with Crippen molar-refractivity contribution >= 4 is 21.9 Å². The lowest BCUT2D eigenvalue weighted by Gasteiger charge is -2.18. The smallest absolute Gasteiger partial charge is 0.305 e. The minimum absolute atomic E-state index is 0.153. The van der Waals surface area contributed by atoms with Crippen molar-refractivity contribution in [2.45, 2.75) is 31.7 Å². The zero-order chi connectivity index (χ0) is 15.8. The Labute approximate surface area is 133 Å². The molecule has 0 fully saturated rings. The van der Waals surface area contributed by atoms with Crippen LogP contribution in [0, 0.1) is 0 Å². The van der Waals surface area contributed by atoms with Crippen molar-refractivity contribution in [2.24, 2.45) is 5.73 Å². The maximum Gasteiger partial charge on any atom is 0.305 e. The first-order valence-electron chi connectivity index (χ1n) is 6.77. The number of rotatable bonds is 8. The van der Waals surface area contributed by atoms with Gasteiger partial charge in [0.2, 0.25) is 0 Å². The van der Waals surface area contributed by atoms with Gasteiger partial charge in [-0.25, -0.2) is 0 Å². The van der Waals surface area contributed by atoms with Gasteiger partial charge in [0.25, 0.3) is 0 Å². The highest BCUT2D eigenvalue weighted by Crippen LogP contribution is 2.40. The van der Waals surface area contributed by atoms with E-state index in [9.17, 15) is 4.79 Å². The summed E-state index contributed by atoms with van der Waals surface area (Å²) < 4.78 is 16.0. The second kappa shape index (κ2) is 8.89. The summed E-state index contributed by atoms with van der Waals surface area (Å²) in [6.07, 6.45) is 2.81. The summed E-state index contributed by atoms with van der Waals surface area (Å²) in [5.74, 6) is 1.21. The summed E-state index contributed by atoms with van der Waals surface area (Å²) in [6.45, 7) is 0.